The highest BCUT2D eigenvalue weighted by Gasteiger charge is 2.26. The van der Waals surface area contributed by atoms with E-state index in [1.165, 1.54) is 10.5 Å². The van der Waals surface area contributed by atoms with Crippen LogP contribution in [0.15, 0.2) is 17.2 Å². The second-order valence-corrected chi connectivity index (χ2v) is 5.79. The van der Waals surface area contributed by atoms with Crippen LogP contribution in [0.25, 0.3) is 11.3 Å². The lowest BCUT2D eigenvalue weighted by Crippen LogP contribution is -2.08. The number of aromatic nitrogens is 2. The molecule has 19 heavy (non-hydrogen) atoms. The van der Waals surface area contributed by atoms with Crippen LogP contribution in [0, 0.1) is 13.8 Å². The van der Waals surface area contributed by atoms with Gasteiger partial charge in [-0.2, -0.15) is 5.10 Å². The number of benzene rings is 1. The predicted molar refractivity (Wildman–Crippen MR) is 74.6 cm³/mol. The minimum atomic E-state index is -0.873. The van der Waals surface area contributed by atoms with Crippen molar-refractivity contribution < 1.29 is 9.90 Å². The van der Waals surface area contributed by atoms with Gasteiger partial charge in [0.25, 0.3) is 0 Å². The van der Waals surface area contributed by atoms with E-state index in [0.29, 0.717) is 5.56 Å². The van der Waals surface area contributed by atoms with Crippen LogP contribution in [-0.4, -0.2) is 20.9 Å². The Bertz CT molecular complexity index is 704. The largest absolute Gasteiger partial charge is 0.478 e. The quantitative estimate of drug-likeness (QED) is 0.868. The van der Waals surface area contributed by atoms with Crippen molar-refractivity contribution in [3.05, 3.63) is 34.5 Å². The first kappa shape index (κ1) is 12.3. The molecular formula is C14H14N2O2S. The summed E-state index contributed by atoms with van der Waals surface area (Å²) >= 11 is 1.76. The Morgan fingerprint density at radius 2 is 2.21 bits per heavy atom. The molecule has 0 saturated heterocycles. The van der Waals surface area contributed by atoms with Crippen molar-refractivity contribution in [2.24, 2.45) is 7.05 Å². The van der Waals surface area contributed by atoms with Gasteiger partial charge in [-0.1, -0.05) is 0 Å². The first-order valence-corrected chi connectivity index (χ1v) is 7.00. The fourth-order valence-corrected chi connectivity index (χ4v) is 3.84. The minimum absolute atomic E-state index is 0.380. The van der Waals surface area contributed by atoms with Gasteiger partial charge in [0.2, 0.25) is 0 Å². The molecule has 0 saturated carbocycles. The van der Waals surface area contributed by atoms with E-state index in [-0.39, 0.29) is 0 Å². The monoisotopic (exact) mass is 274 g/mol. The first-order valence-electron chi connectivity index (χ1n) is 6.02. The van der Waals surface area contributed by atoms with Crippen LogP contribution in [0.3, 0.4) is 0 Å². The smallest absolute Gasteiger partial charge is 0.335 e. The lowest BCUT2D eigenvalue weighted by molar-refractivity contribution is 0.0696. The van der Waals surface area contributed by atoms with E-state index < -0.39 is 5.97 Å². The van der Waals surface area contributed by atoms with Crippen molar-refractivity contribution in [3.8, 4) is 11.3 Å². The van der Waals surface area contributed by atoms with Crippen molar-refractivity contribution in [1.82, 2.24) is 9.78 Å². The number of carbonyl (C=O) groups is 1. The third kappa shape index (κ3) is 1.69. The Kier molecular flexibility index (Phi) is 2.67. The topological polar surface area (TPSA) is 55.1 Å². The summed E-state index contributed by atoms with van der Waals surface area (Å²) in [5.74, 6) is 0.0192. The zero-order chi connectivity index (χ0) is 13.7. The number of carboxylic acids is 1. The number of nitrogens with zero attached hydrogens (tertiary/aromatic N) is 2. The Labute approximate surface area is 115 Å². The number of hydrogen-bond donors (Lipinski definition) is 1. The summed E-state index contributed by atoms with van der Waals surface area (Å²) in [4.78, 5) is 12.5. The zero-order valence-electron chi connectivity index (χ0n) is 11.0. The molecule has 2 aromatic rings. The summed E-state index contributed by atoms with van der Waals surface area (Å²) < 4.78 is 1.84. The van der Waals surface area contributed by atoms with Gasteiger partial charge >= 0.3 is 5.97 Å². The molecule has 0 amide bonds. The summed E-state index contributed by atoms with van der Waals surface area (Å²) in [7, 11) is 1.90. The maximum Gasteiger partial charge on any atom is 0.335 e. The highest BCUT2D eigenvalue weighted by Crippen LogP contribution is 2.45. The molecule has 1 aliphatic heterocycles. The summed E-state index contributed by atoms with van der Waals surface area (Å²) in [6, 6.07) is 1.77. The molecule has 0 unspecified atom stereocenters. The number of hydrogen-bond acceptors (Lipinski definition) is 3. The average Bonchev–Trinajstić information content (AvgIpc) is 2.75. The van der Waals surface area contributed by atoms with Gasteiger partial charge in [-0.05, 0) is 31.0 Å². The number of fused-ring (bicyclic) bond motifs is 3. The van der Waals surface area contributed by atoms with Crippen LogP contribution in [0.4, 0.5) is 0 Å². The Hall–Kier alpha value is -1.75. The number of aromatic carboxylic acids is 1. The molecule has 0 aliphatic carbocycles. The fourth-order valence-electron chi connectivity index (χ4n) is 2.65. The van der Waals surface area contributed by atoms with Gasteiger partial charge in [-0.25, -0.2) is 4.79 Å². The van der Waals surface area contributed by atoms with Crippen LogP contribution in [0.1, 0.15) is 27.0 Å². The highest BCUT2D eigenvalue weighted by molar-refractivity contribution is 7.98. The van der Waals surface area contributed by atoms with Gasteiger partial charge in [0.05, 0.1) is 17.5 Å². The maximum absolute atomic E-state index is 11.4. The second-order valence-electron chi connectivity index (χ2n) is 4.81. The van der Waals surface area contributed by atoms with Gasteiger partial charge in [0, 0.05) is 28.8 Å². The van der Waals surface area contributed by atoms with Gasteiger partial charge in [0.1, 0.15) is 0 Å². The number of thioether (sulfide) groups is 1. The third-order valence-corrected chi connectivity index (χ3v) is 4.85. The van der Waals surface area contributed by atoms with E-state index in [0.717, 1.165) is 28.1 Å². The Morgan fingerprint density at radius 1 is 1.47 bits per heavy atom. The standard InChI is InChI=1S/C14H14N2O2S/c1-7-4-10(14(17)18)8(2)11-12-9(5-15-16(12)3)6-19-13(7)11/h4-5H,6H2,1-3H3,(H,17,18). The zero-order valence-corrected chi connectivity index (χ0v) is 11.8. The Morgan fingerprint density at radius 3 is 2.89 bits per heavy atom. The molecule has 98 valence electrons. The fraction of sp³-hybridized carbons (Fsp3) is 0.286. The summed E-state index contributed by atoms with van der Waals surface area (Å²) in [6.45, 7) is 3.85. The normalized spacial score (nSPS) is 13.0. The minimum Gasteiger partial charge on any atom is -0.478 e. The van der Waals surface area contributed by atoms with Crippen LogP contribution in [0.5, 0.6) is 0 Å². The van der Waals surface area contributed by atoms with Crippen LogP contribution < -0.4 is 0 Å². The third-order valence-electron chi connectivity index (χ3n) is 3.58. The van der Waals surface area contributed by atoms with Crippen molar-refractivity contribution in [2.45, 2.75) is 24.5 Å². The van der Waals surface area contributed by atoms with Crippen molar-refractivity contribution in [1.29, 1.82) is 0 Å². The SMILES string of the molecule is Cc1cc(C(=O)O)c(C)c2c1SCc1cnn(C)c1-2. The molecule has 5 heteroatoms. The molecule has 3 rings (SSSR count). The lowest BCUT2D eigenvalue weighted by atomic mass is 9.95. The molecule has 1 aliphatic rings. The van der Waals surface area contributed by atoms with E-state index >= 15 is 0 Å². The van der Waals surface area contributed by atoms with Crippen molar-refractivity contribution >= 4 is 17.7 Å². The molecule has 0 spiro atoms. The molecule has 2 heterocycles. The van der Waals surface area contributed by atoms with E-state index in [9.17, 15) is 9.90 Å². The summed E-state index contributed by atoms with van der Waals surface area (Å²) in [5, 5.41) is 13.6. The predicted octanol–water partition coefficient (Wildman–Crippen LogP) is 3.01. The van der Waals surface area contributed by atoms with Crippen LogP contribution >= 0.6 is 11.8 Å². The Balaban J connectivity index is 2.40. The maximum atomic E-state index is 11.4. The average molecular weight is 274 g/mol. The van der Waals surface area contributed by atoms with E-state index in [2.05, 4.69) is 5.10 Å². The van der Waals surface area contributed by atoms with Crippen LogP contribution in [-0.2, 0) is 12.8 Å². The molecule has 1 N–H and O–H groups in total. The van der Waals surface area contributed by atoms with Gasteiger partial charge in [-0.15, -0.1) is 11.8 Å². The van der Waals surface area contributed by atoms with Gasteiger partial charge in [0.15, 0.2) is 0 Å². The van der Waals surface area contributed by atoms with E-state index in [1.54, 1.807) is 17.8 Å². The molecule has 1 aromatic heterocycles. The summed E-state index contributed by atoms with van der Waals surface area (Å²) in [5.41, 5.74) is 5.48. The number of aryl methyl sites for hydroxylation is 2. The lowest BCUT2D eigenvalue weighted by Gasteiger charge is -2.22. The molecule has 0 fully saturated rings. The number of rotatable bonds is 1. The van der Waals surface area contributed by atoms with Crippen molar-refractivity contribution in [2.75, 3.05) is 0 Å². The molecule has 0 bridgehead atoms. The number of carboxylic acid groups (broad SMARTS) is 1. The highest BCUT2D eigenvalue weighted by atomic mass is 32.2. The van der Waals surface area contributed by atoms with Gasteiger partial charge < -0.3 is 5.11 Å². The van der Waals surface area contributed by atoms with Crippen molar-refractivity contribution in [3.63, 3.8) is 0 Å². The first-order chi connectivity index (χ1) is 9.00. The second kappa shape index (κ2) is 4.13. The van der Waals surface area contributed by atoms with Gasteiger partial charge in [-0.3, -0.25) is 4.68 Å². The molecule has 4 nitrogen and oxygen atoms in total. The summed E-state index contributed by atoms with van der Waals surface area (Å²) in [6.07, 6.45) is 1.87. The molecule has 0 radical (unpaired) electrons. The molecular weight excluding hydrogens is 260 g/mol. The van der Waals surface area contributed by atoms with E-state index in [1.807, 2.05) is 31.8 Å². The van der Waals surface area contributed by atoms with E-state index in [4.69, 9.17) is 0 Å². The molecule has 1 aromatic carbocycles. The molecule has 0 atom stereocenters. The van der Waals surface area contributed by atoms with Crippen LogP contribution in [0.2, 0.25) is 0 Å².